The van der Waals surface area contributed by atoms with E-state index in [4.69, 9.17) is 9.47 Å². The summed E-state index contributed by atoms with van der Waals surface area (Å²) in [6, 6.07) is 5.84. The van der Waals surface area contributed by atoms with Gasteiger partial charge in [-0.3, -0.25) is 4.79 Å². The molecular weight excluding hydrogens is 386 g/mol. The van der Waals surface area contributed by atoms with Gasteiger partial charge in [0.05, 0.1) is 30.7 Å². The Hall–Kier alpha value is -1.05. The number of methoxy groups -OCH3 is 1. The molecule has 1 aromatic carbocycles. The summed E-state index contributed by atoms with van der Waals surface area (Å²) < 4.78 is 11.3. The molecule has 2 rings (SSSR count). The van der Waals surface area contributed by atoms with E-state index in [9.17, 15) is 4.79 Å². The lowest BCUT2D eigenvalue weighted by Crippen LogP contribution is -2.06. The van der Waals surface area contributed by atoms with Crippen molar-refractivity contribution in [2.45, 2.75) is 12.7 Å². The van der Waals surface area contributed by atoms with E-state index in [1.807, 2.05) is 23.6 Å². The van der Waals surface area contributed by atoms with Crippen LogP contribution in [0.15, 0.2) is 28.1 Å². The average molecular weight is 402 g/mol. The number of benzene rings is 1. The van der Waals surface area contributed by atoms with Gasteiger partial charge in [-0.2, -0.15) is 0 Å². The number of esters is 1. The molecule has 0 atom stereocenters. The summed E-state index contributed by atoms with van der Waals surface area (Å²) in [7, 11) is 1.65. The predicted molar refractivity (Wildman–Crippen MR) is 94.6 cm³/mol. The van der Waals surface area contributed by atoms with Crippen molar-refractivity contribution in [3.05, 3.63) is 33.7 Å². The number of thiazole rings is 1. The molecule has 2 aromatic rings. The number of ether oxygens (including phenoxy) is 2. The second kappa shape index (κ2) is 8.55. The SMILES string of the molecule is CCOC(=O)CSCc1csc(-c2cc(Br)ccc2OC)n1. The van der Waals surface area contributed by atoms with E-state index in [0.29, 0.717) is 18.1 Å². The normalized spacial score (nSPS) is 10.5. The van der Waals surface area contributed by atoms with Gasteiger partial charge in [-0.25, -0.2) is 4.98 Å². The van der Waals surface area contributed by atoms with Crippen molar-refractivity contribution in [1.29, 1.82) is 0 Å². The molecule has 0 saturated heterocycles. The van der Waals surface area contributed by atoms with E-state index in [1.165, 1.54) is 11.8 Å². The van der Waals surface area contributed by atoms with Gasteiger partial charge < -0.3 is 9.47 Å². The average Bonchev–Trinajstić information content (AvgIpc) is 2.96. The molecule has 0 aliphatic carbocycles. The van der Waals surface area contributed by atoms with Crippen LogP contribution in [0.1, 0.15) is 12.6 Å². The molecule has 0 unspecified atom stereocenters. The molecule has 0 aliphatic rings. The van der Waals surface area contributed by atoms with Crippen molar-refractivity contribution in [3.63, 3.8) is 0 Å². The first-order chi connectivity index (χ1) is 10.6. The Kier molecular flexibility index (Phi) is 6.72. The third kappa shape index (κ3) is 4.72. The lowest BCUT2D eigenvalue weighted by atomic mass is 10.2. The Morgan fingerprint density at radius 1 is 1.45 bits per heavy atom. The highest BCUT2D eigenvalue weighted by molar-refractivity contribution is 9.10. The summed E-state index contributed by atoms with van der Waals surface area (Å²) in [5, 5.41) is 2.92. The molecule has 0 radical (unpaired) electrons. The van der Waals surface area contributed by atoms with E-state index in [1.54, 1.807) is 25.4 Å². The Balaban J connectivity index is 2.02. The maximum atomic E-state index is 11.3. The van der Waals surface area contributed by atoms with Crippen molar-refractivity contribution in [1.82, 2.24) is 4.98 Å². The smallest absolute Gasteiger partial charge is 0.315 e. The lowest BCUT2D eigenvalue weighted by molar-refractivity contribution is -0.139. The molecule has 0 fully saturated rings. The van der Waals surface area contributed by atoms with Crippen LogP contribution in [0.4, 0.5) is 0 Å². The summed E-state index contributed by atoms with van der Waals surface area (Å²) in [6.07, 6.45) is 0. The highest BCUT2D eigenvalue weighted by atomic mass is 79.9. The highest BCUT2D eigenvalue weighted by Crippen LogP contribution is 2.34. The maximum absolute atomic E-state index is 11.3. The lowest BCUT2D eigenvalue weighted by Gasteiger charge is -2.06. The standard InChI is InChI=1S/C15H16BrNO3S2/c1-3-20-14(18)9-21-7-11-8-22-15(17-11)12-6-10(16)4-5-13(12)19-2/h4-6,8H,3,7,9H2,1-2H3. The van der Waals surface area contributed by atoms with Crippen LogP contribution in [0.3, 0.4) is 0 Å². The number of thioether (sulfide) groups is 1. The second-order valence-corrected chi connectivity index (χ2v) is 7.05. The summed E-state index contributed by atoms with van der Waals surface area (Å²) in [4.78, 5) is 15.9. The number of aromatic nitrogens is 1. The topological polar surface area (TPSA) is 48.4 Å². The Morgan fingerprint density at radius 3 is 3.00 bits per heavy atom. The fraction of sp³-hybridized carbons (Fsp3) is 0.333. The van der Waals surface area contributed by atoms with Crippen LogP contribution in [-0.4, -0.2) is 30.4 Å². The van der Waals surface area contributed by atoms with Crippen LogP contribution in [-0.2, 0) is 15.3 Å². The first kappa shape index (κ1) is 17.3. The van der Waals surface area contributed by atoms with Gasteiger partial charge in [0.2, 0.25) is 0 Å². The number of rotatable bonds is 7. The van der Waals surface area contributed by atoms with E-state index < -0.39 is 0 Å². The van der Waals surface area contributed by atoms with Crippen molar-refractivity contribution >= 4 is 45.0 Å². The molecule has 1 aromatic heterocycles. The number of halogens is 1. The van der Waals surface area contributed by atoms with E-state index in [2.05, 4.69) is 20.9 Å². The van der Waals surface area contributed by atoms with Gasteiger partial charge in [-0.15, -0.1) is 23.1 Å². The third-order valence-electron chi connectivity index (χ3n) is 2.72. The Bertz CT molecular complexity index is 645. The molecule has 22 heavy (non-hydrogen) atoms. The molecule has 0 aliphatic heterocycles. The van der Waals surface area contributed by atoms with Crippen LogP contribution < -0.4 is 4.74 Å². The quantitative estimate of drug-likeness (QED) is 0.644. The van der Waals surface area contributed by atoms with Crippen LogP contribution >= 0.6 is 39.0 Å². The highest BCUT2D eigenvalue weighted by Gasteiger charge is 2.11. The summed E-state index contributed by atoms with van der Waals surface area (Å²) >= 11 is 6.54. The Morgan fingerprint density at radius 2 is 2.27 bits per heavy atom. The molecular formula is C15H16BrNO3S2. The van der Waals surface area contributed by atoms with Crippen LogP contribution in [0.25, 0.3) is 10.6 Å². The number of carbonyl (C=O) groups is 1. The summed E-state index contributed by atoms with van der Waals surface area (Å²) in [5.74, 6) is 1.65. The summed E-state index contributed by atoms with van der Waals surface area (Å²) in [6.45, 7) is 2.23. The number of hydrogen-bond donors (Lipinski definition) is 0. The first-order valence-corrected chi connectivity index (χ1v) is 9.48. The fourth-order valence-corrected chi connectivity index (χ4v) is 3.80. The first-order valence-electron chi connectivity index (χ1n) is 6.65. The molecule has 0 spiro atoms. The van der Waals surface area contributed by atoms with Crippen molar-refractivity contribution in [3.8, 4) is 16.3 Å². The van der Waals surface area contributed by atoms with E-state index in [-0.39, 0.29) is 5.97 Å². The minimum atomic E-state index is -0.184. The van der Waals surface area contributed by atoms with Gasteiger partial charge in [0.15, 0.2) is 0 Å². The van der Waals surface area contributed by atoms with Crippen molar-refractivity contribution in [2.24, 2.45) is 0 Å². The zero-order valence-corrected chi connectivity index (χ0v) is 15.5. The molecule has 1 heterocycles. The monoisotopic (exact) mass is 401 g/mol. The van der Waals surface area contributed by atoms with E-state index >= 15 is 0 Å². The van der Waals surface area contributed by atoms with Crippen molar-refractivity contribution < 1.29 is 14.3 Å². The van der Waals surface area contributed by atoms with Crippen LogP contribution in [0, 0.1) is 0 Å². The van der Waals surface area contributed by atoms with E-state index in [0.717, 1.165) is 26.5 Å². The zero-order chi connectivity index (χ0) is 15.9. The molecule has 0 N–H and O–H groups in total. The van der Waals surface area contributed by atoms with Crippen LogP contribution in [0.2, 0.25) is 0 Å². The molecule has 4 nitrogen and oxygen atoms in total. The minimum absolute atomic E-state index is 0.184. The van der Waals surface area contributed by atoms with Gasteiger partial charge >= 0.3 is 5.97 Å². The van der Waals surface area contributed by atoms with Gasteiger partial charge in [0.1, 0.15) is 10.8 Å². The fourth-order valence-electron chi connectivity index (χ4n) is 1.79. The summed E-state index contributed by atoms with van der Waals surface area (Å²) in [5.41, 5.74) is 1.92. The molecule has 118 valence electrons. The van der Waals surface area contributed by atoms with Gasteiger partial charge in [0.25, 0.3) is 0 Å². The van der Waals surface area contributed by atoms with Gasteiger partial charge in [0, 0.05) is 15.6 Å². The molecule has 7 heteroatoms. The van der Waals surface area contributed by atoms with Gasteiger partial charge in [-0.1, -0.05) is 15.9 Å². The van der Waals surface area contributed by atoms with Crippen LogP contribution in [0.5, 0.6) is 5.75 Å². The minimum Gasteiger partial charge on any atom is -0.496 e. The Labute approximate surface area is 146 Å². The zero-order valence-electron chi connectivity index (χ0n) is 12.3. The largest absolute Gasteiger partial charge is 0.496 e. The number of carbonyl (C=O) groups excluding carboxylic acids is 1. The molecule has 0 bridgehead atoms. The molecule has 0 saturated carbocycles. The number of hydrogen-bond acceptors (Lipinski definition) is 6. The third-order valence-corrected chi connectivity index (χ3v) is 5.08. The van der Waals surface area contributed by atoms with Crippen molar-refractivity contribution in [2.75, 3.05) is 19.5 Å². The number of nitrogens with zero attached hydrogens (tertiary/aromatic N) is 1. The maximum Gasteiger partial charge on any atom is 0.315 e. The molecule has 0 amide bonds. The van der Waals surface area contributed by atoms with Gasteiger partial charge in [-0.05, 0) is 25.1 Å². The second-order valence-electron chi connectivity index (χ2n) is 4.29. The predicted octanol–water partition coefficient (Wildman–Crippen LogP) is 4.38.